The summed E-state index contributed by atoms with van der Waals surface area (Å²) in [4.78, 5) is 13.0. The highest BCUT2D eigenvalue weighted by molar-refractivity contribution is 8.13. The molecule has 1 aromatic rings. The van der Waals surface area contributed by atoms with Crippen LogP contribution in [0, 0.1) is 5.82 Å². The van der Waals surface area contributed by atoms with Crippen molar-refractivity contribution in [3.05, 3.63) is 29.6 Å². The molecule has 0 aliphatic heterocycles. The third kappa shape index (κ3) is 4.47. The molecule has 0 heterocycles. The van der Waals surface area contributed by atoms with Crippen molar-refractivity contribution in [2.24, 2.45) is 0 Å². The molecule has 19 heavy (non-hydrogen) atoms. The molecule has 0 saturated carbocycles. The van der Waals surface area contributed by atoms with Crippen LogP contribution in [0.2, 0.25) is 0 Å². The van der Waals surface area contributed by atoms with E-state index in [4.69, 9.17) is 10.7 Å². The molecule has 0 unspecified atom stereocenters. The lowest BCUT2D eigenvalue weighted by molar-refractivity contribution is 0.0792. The smallest absolute Gasteiger partial charge is 0.261 e. The van der Waals surface area contributed by atoms with Crippen LogP contribution in [0.5, 0.6) is 0 Å². The molecular formula is C12H15ClFNO3S. The highest BCUT2D eigenvalue weighted by Crippen LogP contribution is 2.19. The van der Waals surface area contributed by atoms with Crippen LogP contribution in [-0.2, 0) is 9.05 Å². The maximum atomic E-state index is 13.3. The Balaban J connectivity index is 3.07. The molecule has 0 bridgehead atoms. The molecule has 106 valence electrons. The lowest BCUT2D eigenvalue weighted by Crippen LogP contribution is -2.27. The van der Waals surface area contributed by atoms with Gasteiger partial charge in [0.25, 0.3) is 15.0 Å². The lowest BCUT2D eigenvalue weighted by atomic mass is 10.2. The monoisotopic (exact) mass is 307 g/mol. The third-order valence-corrected chi connectivity index (χ3v) is 3.93. The fraction of sp³-hybridized carbons (Fsp3) is 0.417. The van der Waals surface area contributed by atoms with E-state index in [2.05, 4.69) is 0 Å². The number of unbranched alkanes of at least 4 members (excludes halogenated alkanes) is 1. The zero-order valence-corrected chi connectivity index (χ0v) is 12.3. The van der Waals surface area contributed by atoms with Gasteiger partial charge in [-0.15, -0.1) is 0 Å². The molecule has 0 radical (unpaired) electrons. The summed E-state index contributed by atoms with van der Waals surface area (Å²) in [5.74, 6) is -1.25. The number of hydrogen-bond donors (Lipinski definition) is 0. The Morgan fingerprint density at radius 2 is 2.00 bits per heavy atom. The first kappa shape index (κ1) is 15.9. The van der Waals surface area contributed by atoms with Crippen LogP contribution < -0.4 is 0 Å². The summed E-state index contributed by atoms with van der Waals surface area (Å²) in [6, 6.07) is 2.86. The predicted octanol–water partition coefficient (Wildman–Crippen LogP) is 2.63. The quantitative estimate of drug-likeness (QED) is 0.786. The van der Waals surface area contributed by atoms with Crippen LogP contribution in [0.15, 0.2) is 23.1 Å². The minimum atomic E-state index is -4.06. The summed E-state index contributed by atoms with van der Waals surface area (Å²) in [5, 5.41) is 0. The number of nitrogens with zero attached hydrogens (tertiary/aromatic N) is 1. The van der Waals surface area contributed by atoms with Gasteiger partial charge in [0.05, 0.1) is 4.90 Å². The molecule has 0 atom stereocenters. The Morgan fingerprint density at radius 3 is 2.53 bits per heavy atom. The van der Waals surface area contributed by atoms with Crippen LogP contribution in [0.1, 0.15) is 30.1 Å². The average molecular weight is 308 g/mol. The van der Waals surface area contributed by atoms with Crippen LogP contribution in [-0.4, -0.2) is 32.8 Å². The normalized spacial score (nSPS) is 11.4. The number of hydrogen-bond acceptors (Lipinski definition) is 3. The van der Waals surface area contributed by atoms with Gasteiger partial charge < -0.3 is 4.90 Å². The highest BCUT2D eigenvalue weighted by atomic mass is 35.7. The van der Waals surface area contributed by atoms with E-state index in [0.29, 0.717) is 6.54 Å². The van der Waals surface area contributed by atoms with Crippen molar-refractivity contribution in [2.45, 2.75) is 24.7 Å². The second-order valence-corrected chi connectivity index (χ2v) is 6.76. The van der Waals surface area contributed by atoms with Gasteiger partial charge in [-0.1, -0.05) is 13.3 Å². The van der Waals surface area contributed by atoms with Crippen molar-refractivity contribution in [1.82, 2.24) is 4.90 Å². The van der Waals surface area contributed by atoms with Crippen LogP contribution in [0.4, 0.5) is 4.39 Å². The first-order valence-electron chi connectivity index (χ1n) is 5.76. The number of halogens is 2. The van der Waals surface area contributed by atoms with E-state index in [9.17, 15) is 17.6 Å². The molecule has 1 amide bonds. The summed E-state index contributed by atoms with van der Waals surface area (Å²) in [5.41, 5.74) is -0.0298. The Labute approximate surface area is 116 Å². The molecule has 0 aliphatic rings. The highest BCUT2D eigenvalue weighted by Gasteiger charge is 2.18. The molecule has 1 aromatic carbocycles. The lowest BCUT2D eigenvalue weighted by Gasteiger charge is -2.17. The Morgan fingerprint density at radius 1 is 1.37 bits per heavy atom. The summed E-state index contributed by atoms with van der Waals surface area (Å²) >= 11 is 0. The van der Waals surface area contributed by atoms with Crippen molar-refractivity contribution in [3.63, 3.8) is 0 Å². The fourth-order valence-corrected chi connectivity index (χ4v) is 2.33. The standard InChI is InChI=1S/C12H15ClFNO3S/c1-3-4-5-15(2)12(16)9-6-10(14)8-11(7-9)19(13,17)18/h6-8H,3-5H2,1-2H3. The van der Waals surface area contributed by atoms with Gasteiger partial charge in [-0.05, 0) is 24.6 Å². The van der Waals surface area contributed by atoms with Gasteiger partial charge in [-0.3, -0.25) is 4.79 Å². The van der Waals surface area contributed by atoms with Crippen molar-refractivity contribution < 1.29 is 17.6 Å². The van der Waals surface area contributed by atoms with Crippen LogP contribution in [0.3, 0.4) is 0 Å². The zero-order valence-electron chi connectivity index (χ0n) is 10.7. The second-order valence-electron chi connectivity index (χ2n) is 4.19. The summed E-state index contributed by atoms with van der Waals surface area (Å²) < 4.78 is 35.7. The van der Waals surface area contributed by atoms with Gasteiger partial charge in [0.15, 0.2) is 0 Å². The van der Waals surface area contributed by atoms with Gasteiger partial charge in [0.1, 0.15) is 5.82 Å². The van der Waals surface area contributed by atoms with Crippen molar-refractivity contribution in [3.8, 4) is 0 Å². The topological polar surface area (TPSA) is 54.5 Å². The minimum Gasteiger partial charge on any atom is -0.342 e. The molecule has 0 fully saturated rings. The van der Waals surface area contributed by atoms with E-state index >= 15 is 0 Å². The maximum absolute atomic E-state index is 13.3. The van der Waals surface area contributed by atoms with Gasteiger partial charge in [0.2, 0.25) is 0 Å². The molecule has 0 aromatic heterocycles. The van der Waals surface area contributed by atoms with Crippen molar-refractivity contribution in [1.29, 1.82) is 0 Å². The predicted molar refractivity (Wildman–Crippen MR) is 71.3 cm³/mol. The van der Waals surface area contributed by atoms with E-state index in [1.165, 1.54) is 4.90 Å². The number of benzene rings is 1. The molecule has 0 N–H and O–H groups in total. The molecule has 7 heteroatoms. The average Bonchev–Trinajstić information content (AvgIpc) is 2.33. The summed E-state index contributed by atoms with van der Waals surface area (Å²) in [6.07, 6.45) is 1.74. The molecule has 1 rings (SSSR count). The van der Waals surface area contributed by atoms with Crippen LogP contribution in [0.25, 0.3) is 0 Å². The number of carbonyl (C=O) groups is 1. The van der Waals surface area contributed by atoms with E-state index in [0.717, 1.165) is 31.0 Å². The first-order valence-corrected chi connectivity index (χ1v) is 8.07. The van der Waals surface area contributed by atoms with Crippen molar-refractivity contribution >= 4 is 25.6 Å². The Kier molecular flexibility index (Phi) is 5.31. The second kappa shape index (κ2) is 6.34. The third-order valence-electron chi connectivity index (χ3n) is 2.59. The Hall–Kier alpha value is -1.14. The Bertz CT molecular complexity index is 574. The first-order chi connectivity index (χ1) is 8.75. The fourth-order valence-electron chi connectivity index (χ4n) is 1.54. The zero-order chi connectivity index (χ0) is 14.6. The van der Waals surface area contributed by atoms with E-state index < -0.39 is 25.7 Å². The molecule has 4 nitrogen and oxygen atoms in total. The largest absolute Gasteiger partial charge is 0.342 e. The number of carbonyl (C=O) groups excluding carboxylic acids is 1. The summed E-state index contributed by atoms with van der Waals surface area (Å²) in [7, 11) is 2.67. The van der Waals surface area contributed by atoms with E-state index in [1.807, 2.05) is 6.92 Å². The number of rotatable bonds is 5. The molecule has 0 saturated heterocycles. The van der Waals surface area contributed by atoms with Crippen molar-refractivity contribution in [2.75, 3.05) is 13.6 Å². The minimum absolute atomic E-state index is 0.0298. The molecule has 0 aliphatic carbocycles. The SMILES string of the molecule is CCCCN(C)C(=O)c1cc(F)cc(S(=O)(=O)Cl)c1. The van der Waals surface area contributed by atoms with Crippen LogP contribution >= 0.6 is 10.7 Å². The number of amides is 1. The van der Waals surface area contributed by atoms with E-state index in [-0.39, 0.29) is 5.56 Å². The summed E-state index contributed by atoms with van der Waals surface area (Å²) in [6.45, 7) is 2.51. The maximum Gasteiger partial charge on any atom is 0.261 e. The van der Waals surface area contributed by atoms with Gasteiger partial charge in [-0.2, -0.15) is 0 Å². The molecule has 0 spiro atoms. The molecular weight excluding hydrogens is 293 g/mol. The van der Waals surface area contributed by atoms with E-state index in [1.54, 1.807) is 7.05 Å². The van der Waals surface area contributed by atoms with Gasteiger partial charge in [0, 0.05) is 29.8 Å². The van der Waals surface area contributed by atoms with Gasteiger partial charge >= 0.3 is 0 Å². The van der Waals surface area contributed by atoms with Gasteiger partial charge in [-0.25, -0.2) is 12.8 Å².